The molecule has 6 nitrogen and oxygen atoms in total. The Morgan fingerprint density at radius 2 is 1.77 bits per heavy atom. The van der Waals surface area contributed by atoms with Crippen LogP contribution in [0.25, 0.3) is 0 Å². The van der Waals surface area contributed by atoms with Crippen molar-refractivity contribution in [2.75, 3.05) is 36.4 Å². The lowest BCUT2D eigenvalue weighted by Gasteiger charge is -2.38. The number of morpholine rings is 1. The van der Waals surface area contributed by atoms with E-state index in [0.29, 0.717) is 25.2 Å². The van der Waals surface area contributed by atoms with Gasteiger partial charge in [0.1, 0.15) is 0 Å². The second-order valence-corrected chi connectivity index (χ2v) is 10.7. The number of benzene rings is 1. The summed E-state index contributed by atoms with van der Waals surface area (Å²) in [7, 11) is -3.19. The van der Waals surface area contributed by atoms with Gasteiger partial charge in [0.05, 0.1) is 23.1 Å². The van der Waals surface area contributed by atoms with Gasteiger partial charge in [-0.25, -0.2) is 17.5 Å². The number of nitrogens with zero attached hydrogens (tertiary/aromatic N) is 1. The summed E-state index contributed by atoms with van der Waals surface area (Å²) in [4.78, 5) is 2.22. The fraction of sp³-hybridized carbons (Fsp3) is 0.727. The van der Waals surface area contributed by atoms with E-state index in [9.17, 15) is 8.42 Å². The summed E-state index contributed by atoms with van der Waals surface area (Å²) in [5.41, 5.74) is 2.23. The van der Waals surface area contributed by atoms with E-state index in [2.05, 4.69) is 14.9 Å². The van der Waals surface area contributed by atoms with Gasteiger partial charge in [0, 0.05) is 37.4 Å². The Morgan fingerprint density at radius 1 is 1.13 bits per heavy atom. The van der Waals surface area contributed by atoms with Gasteiger partial charge in [-0.05, 0) is 59.1 Å². The summed E-state index contributed by atoms with van der Waals surface area (Å²) in [5.74, 6) is -0.175. The average Bonchev–Trinajstić information content (AvgIpc) is 2.67. The lowest BCUT2D eigenvalue weighted by atomic mass is 10.1. The van der Waals surface area contributed by atoms with Crippen LogP contribution in [-0.4, -0.2) is 52.1 Å². The Hall–Kier alpha value is -1.38. The SMILES string of the molecule is CCc1c(N2C[C@@H](C)O[C@@H](C)C2)ccc(NCCCCCNS(=O)(=O)C(C)C)c1F. The zero-order chi connectivity index (χ0) is 22.3. The predicted octanol–water partition coefficient (Wildman–Crippen LogP) is 3.91. The lowest BCUT2D eigenvalue weighted by molar-refractivity contribution is -0.00527. The molecule has 2 N–H and O–H groups in total. The molecule has 2 atom stereocenters. The Labute approximate surface area is 181 Å². The molecule has 1 aliphatic rings. The highest BCUT2D eigenvalue weighted by Crippen LogP contribution is 2.31. The van der Waals surface area contributed by atoms with E-state index < -0.39 is 15.3 Å². The van der Waals surface area contributed by atoms with Crippen molar-refractivity contribution < 1.29 is 17.5 Å². The van der Waals surface area contributed by atoms with Crippen molar-refractivity contribution in [3.8, 4) is 0 Å². The summed E-state index contributed by atoms with van der Waals surface area (Å²) < 4.78 is 46.9. The molecule has 0 amide bonds. The Balaban J connectivity index is 1.86. The van der Waals surface area contributed by atoms with Crippen molar-refractivity contribution in [3.63, 3.8) is 0 Å². The molecular weight excluding hydrogens is 405 g/mol. The van der Waals surface area contributed by atoms with E-state index in [1.54, 1.807) is 13.8 Å². The smallest absolute Gasteiger partial charge is 0.213 e. The molecule has 30 heavy (non-hydrogen) atoms. The zero-order valence-electron chi connectivity index (χ0n) is 19.0. The Bertz CT molecular complexity index is 776. The molecule has 172 valence electrons. The largest absolute Gasteiger partial charge is 0.383 e. The quantitative estimate of drug-likeness (QED) is 0.508. The maximum atomic E-state index is 15.1. The van der Waals surface area contributed by atoms with E-state index in [1.165, 1.54) is 0 Å². The van der Waals surface area contributed by atoms with E-state index in [1.807, 2.05) is 32.9 Å². The monoisotopic (exact) mass is 443 g/mol. The molecule has 1 fully saturated rings. The number of ether oxygens (including phenoxy) is 1. The summed E-state index contributed by atoms with van der Waals surface area (Å²) in [6, 6.07) is 3.83. The molecule has 1 aromatic carbocycles. The summed E-state index contributed by atoms with van der Waals surface area (Å²) in [6.45, 7) is 12.0. The minimum atomic E-state index is -3.19. The minimum absolute atomic E-state index is 0.129. The van der Waals surface area contributed by atoms with Gasteiger partial charge in [0.25, 0.3) is 0 Å². The molecular formula is C22H38FN3O3S. The summed E-state index contributed by atoms with van der Waals surface area (Å²) >= 11 is 0. The summed E-state index contributed by atoms with van der Waals surface area (Å²) in [5, 5.41) is 2.79. The third-order valence-electron chi connectivity index (χ3n) is 5.43. The fourth-order valence-corrected chi connectivity index (χ4v) is 4.55. The first kappa shape index (κ1) is 24.9. The van der Waals surface area contributed by atoms with Gasteiger partial charge in [0.2, 0.25) is 10.0 Å². The van der Waals surface area contributed by atoms with E-state index >= 15 is 4.39 Å². The number of rotatable bonds is 11. The van der Waals surface area contributed by atoms with Gasteiger partial charge in [-0.2, -0.15) is 0 Å². The molecule has 8 heteroatoms. The molecule has 2 rings (SSSR count). The standard InChI is InChI=1S/C22H38FN3O3S/c1-6-19-21(26-14-17(4)29-18(5)15-26)11-10-20(22(19)23)24-12-8-7-9-13-25-30(27,28)16(2)3/h10-11,16-18,24-25H,6-9,12-15H2,1-5H3/t17-,18+. The van der Waals surface area contributed by atoms with Crippen LogP contribution in [0.1, 0.15) is 59.4 Å². The van der Waals surface area contributed by atoms with Crippen molar-refractivity contribution in [2.24, 2.45) is 0 Å². The molecule has 1 aromatic rings. The zero-order valence-corrected chi connectivity index (χ0v) is 19.8. The topological polar surface area (TPSA) is 70.7 Å². The van der Waals surface area contributed by atoms with E-state index in [-0.39, 0.29) is 18.0 Å². The molecule has 1 aliphatic heterocycles. The normalized spacial score (nSPS) is 20.0. The van der Waals surface area contributed by atoms with Crippen LogP contribution in [0.5, 0.6) is 0 Å². The maximum Gasteiger partial charge on any atom is 0.213 e. The molecule has 0 radical (unpaired) electrons. The van der Waals surface area contributed by atoms with Crippen molar-refractivity contribution in [2.45, 2.75) is 77.8 Å². The van der Waals surface area contributed by atoms with Gasteiger partial charge in [-0.1, -0.05) is 13.3 Å². The molecule has 1 saturated heterocycles. The van der Waals surface area contributed by atoms with Crippen LogP contribution in [0, 0.1) is 5.82 Å². The van der Waals surface area contributed by atoms with Gasteiger partial charge in [-0.15, -0.1) is 0 Å². The molecule has 0 spiro atoms. The third-order valence-corrected chi connectivity index (χ3v) is 7.27. The van der Waals surface area contributed by atoms with Crippen molar-refractivity contribution in [1.29, 1.82) is 0 Å². The van der Waals surface area contributed by atoms with E-state index in [4.69, 9.17) is 4.74 Å². The van der Waals surface area contributed by atoms with Crippen LogP contribution in [0.4, 0.5) is 15.8 Å². The number of nitrogens with one attached hydrogen (secondary N) is 2. The van der Waals surface area contributed by atoms with Crippen LogP contribution in [0.3, 0.4) is 0 Å². The first-order valence-electron chi connectivity index (χ1n) is 11.1. The third kappa shape index (κ3) is 6.82. The number of unbranched alkanes of at least 4 members (excludes halogenated alkanes) is 2. The van der Waals surface area contributed by atoms with E-state index in [0.717, 1.165) is 43.6 Å². The molecule has 0 aliphatic carbocycles. The highest BCUT2D eigenvalue weighted by atomic mass is 32.2. The maximum absolute atomic E-state index is 15.1. The van der Waals surface area contributed by atoms with Crippen LogP contribution in [-0.2, 0) is 21.2 Å². The van der Waals surface area contributed by atoms with Crippen molar-refractivity contribution in [1.82, 2.24) is 4.72 Å². The average molecular weight is 444 g/mol. The fourth-order valence-electron chi connectivity index (χ4n) is 3.79. The van der Waals surface area contributed by atoms with Crippen LogP contribution >= 0.6 is 0 Å². The number of anilines is 2. The van der Waals surface area contributed by atoms with Crippen LogP contribution in [0.15, 0.2) is 12.1 Å². The molecule has 1 heterocycles. The predicted molar refractivity (Wildman–Crippen MR) is 122 cm³/mol. The second-order valence-electron chi connectivity index (χ2n) is 8.42. The molecule has 0 aromatic heterocycles. The Kier molecular flexibility index (Phi) is 9.37. The van der Waals surface area contributed by atoms with Gasteiger partial charge < -0.3 is 15.0 Å². The first-order valence-corrected chi connectivity index (χ1v) is 12.6. The van der Waals surface area contributed by atoms with Crippen molar-refractivity contribution in [3.05, 3.63) is 23.5 Å². The van der Waals surface area contributed by atoms with Crippen molar-refractivity contribution >= 4 is 21.4 Å². The minimum Gasteiger partial charge on any atom is -0.383 e. The molecule has 0 bridgehead atoms. The Morgan fingerprint density at radius 3 is 2.37 bits per heavy atom. The lowest BCUT2D eigenvalue weighted by Crippen LogP contribution is -2.45. The van der Waals surface area contributed by atoms with Gasteiger partial charge >= 0.3 is 0 Å². The molecule has 0 unspecified atom stereocenters. The summed E-state index contributed by atoms with van der Waals surface area (Å²) in [6.07, 6.45) is 3.38. The number of hydrogen-bond donors (Lipinski definition) is 2. The first-order chi connectivity index (χ1) is 14.2. The van der Waals surface area contributed by atoms with Crippen LogP contribution in [0.2, 0.25) is 0 Å². The second kappa shape index (κ2) is 11.3. The number of hydrogen-bond acceptors (Lipinski definition) is 5. The van der Waals surface area contributed by atoms with Gasteiger partial charge in [0.15, 0.2) is 5.82 Å². The molecule has 0 saturated carbocycles. The highest BCUT2D eigenvalue weighted by molar-refractivity contribution is 7.90. The van der Waals surface area contributed by atoms with Gasteiger partial charge in [-0.3, -0.25) is 0 Å². The van der Waals surface area contributed by atoms with Crippen LogP contribution < -0.4 is 14.9 Å². The number of sulfonamides is 1. The highest BCUT2D eigenvalue weighted by Gasteiger charge is 2.25. The number of halogens is 1.